The second-order valence-corrected chi connectivity index (χ2v) is 6.11. The Balaban J connectivity index is 2.35. The van der Waals surface area contributed by atoms with Crippen LogP contribution < -0.4 is 5.73 Å². The first-order chi connectivity index (χ1) is 9.99. The molecule has 0 aliphatic heterocycles. The molecule has 106 valence electrons. The number of halogens is 2. The number of benzene rings is 2. The molecule has 0 atom stereocenters. The van der Waals surface area contributed by atoms with Crippen LogP contribution in [0.1, 0.15) is 15.9 Å². The number of nitrogens with two attached hydrogens (primary N) is 1. The van der Waals surface area contributed by atoms with Gasteiger partial charge in [0, 0.05) is 31.7 Å². The number of aromatic nitrogens is 1. The molecule has 0 aliphatic carbocycles. The summed E-state index contributed by atoms with van der Waals surface area (Å²) >= 11 is 9.64. The molecule has 5 heteroatoms. The van der Waals surface area contributed by atoms with Gasteiger partial charge in [0.1, 0.15) is 0 Å². The third-order valence-electron chi connectivity index (χ3n) is 3.52. The lowest BCUT2D eigenvalue weighted by atomic mass is 9.99. The second kappa shape index (κ2) is 5.20. The fourth-order valence-electron chi connectivity index (χ4n) is 2.50. The molecule has 0 aliphatic rings. The summed E-state index contributed by atoms with van der Waals surface area (Å²) in [6.07, 6.45) is 0. The summed E-state index contributed by atoms with van der Waals surface area (Å²) in [6.45, 7) is 1.79. The maximum atomic E-state index is 11.9. The topological polar surface area (TPSA) is 58.9 Å². The molecular weight excluding hydrogens is 352 g/mol. The lowest BCUT2D eigenvalue weighted by Gasteiger charge is -2.12. The smallest absolute Gasteiger partial charge is 0.249 e. The molecule has 1 aromatic heterocycles. The van der Waals surface area contributed by atoms with Gasteiger partial charge in [-0.2, -0.15) is 0 Å². The highest BCUT2D eigenvalue weighted by Gasteiger charge is 2.20. The summed E-state index contributed by atoms with van der Waals surface area (Å²) in [4.78, 5) is 15.2. The molecule has 21 heavy (non-hydrogen) atoms. The number of nitrogens with one attached hydrogen (secondary N) is 1. The average Bonchev–Trinajstić information content (AvgIpc) is 2.85. The van der Waals surface area contributed by atoms with Gasteiger partial charge in [-0.05, 0) is 30.7 Å². The van der Waals surface area contributed by atoms with Crippen molar-refractivity contribution in [1.29, 1.82) is 0 Å². The van der Waals surface area contributed by atoms with Gasteiger partial charge in [-0.3, -0.25) is 4.79 Å². The zero-order chi connectivity index (χ0) is 15.1. The maximum Gasteiger partial charge on any atom is 0.249 e. The number of carbonyl (C=O) groups excluding carboxylic acids is 1. The van der Waals surface area contributed by atoms with Crippen molar-refractivity contribution in [2.75, 3.05) is 0 Å². The van der Waals surface area contributed by atoms with Crippen LogP contribution in [0.5, 0.6) is 0 Å². The van der Waals surface area contributed by atoms with Gasteiger partial charge in [0.2, 0.25) is 5.91 Å². The predicted molar refractivity (Wildman–Crippen MR) is 89.7 cm³/mol. The van der Waals surface area contributed by atoms with E-state index in [1.54, 1.807) is 13.0 Å². The summed E-state index contributed by atoms with van der Waals surface area (Å²) in [5.74, 6) is -0.496. The maximum absolute atomic E-state index is 11.9. The van der Waals surface area contributed by atoms with Crippen LogP contribution in [0, 0.1) is 6.92 Å². The van der Waals surface area contributed by atoms with Crippen molar-refractivity contribution in [3.05, 3.63) is 57.0 Å². The molecule has 0 spiro atoms. The van der Waals surface area contributed by atoms with Crippen LogP contribution in [-0.2, 0) is 0 Å². The molecule has 0 bridgehead atoms. The highest BCUT2D eigenvalue weighted by Crippen LogP contribution is 2.37. The van der Waals surface area contributed by atoms with Gasteiger partial charge in [0.15, 0.2) is 0 Å². The molecule has 3 N–H and O–H groups in total. The van der Waals surface area contributed by atoms with Crippen LogP contribution in [0.4, 0.5) is 0 Å². The summed E-state index contributed by atoms with van der Waals surface area (Å²) in [5, 5.41) is 1.58. The van der Waals surface area contributed by atoms with Crippen molar-refractivity contribution >= 4 is 44.3 Å². The number of carbonyl (C=O) groups is 1. The van der Waals surface area contributed by atoms with Gasteiger partial charge >= 0.3 is 0 Å². The molecule has 0 radical (unpaired) electrons. The van der Waals surface area contributed by atoms with E-state index in [0.717, 1.165) is 26.6 Å². The lowest BCUT2D eigenvalue weighted by Crippen LogP contribution is -2.15. The van der Waals surface area contributed by atoms with E-state index in [-0.39, 0.29) is 0 Å². The molecule has 0 unspecified atom stereocenters. The van der Waals surface area contributed by atoms with E-state index < -0.39 is 5.91 Å². The number of amides is 1. The standard InChI is InChI=1S/C16H12BrClN2O/c1-8-11(18)7-10(17)15(14(8)16(19)21)13-6-9-4-2-3-5-12(9)20-13/h2-7,20H,1H3,(H2,19,21). The fraction of sp³-hybridized carbons (Fsp3) is 0.0625. The summed E-state index contributed by atoms with van der Waals surface area (Å²) < 4.78 is 0.735. The minimum absolute atomic E-state index is 0.431. The molecular formula is C16H12BrClN2O. The third-order valence-corrected chi connectivity index (χ3v) is 4.54. The Morgan fingerprint density at radius 3 is 2.67 bits per heavy atom. The monoisotopic (exact) mass is 362 g/mol. The van der Waals surface area contributed by atoms with Gasteiger partial charge < -0.3 is 10.7 Å². The van der Waals surface area contributed by atoms with Gasteiger partial charge in [0.05, 0.1) is 5.56 Å². The minimum atomic E-state index is -0.496. The number of H-pyrrole nitrogens is 1. The summed E-state index contributed by atoms with van der Waals surface area (Å²) in [6, 6.07) is 11.7. The van der Waals surface area contributed by atoms with Gasteiger partial charge in [0.25, 0.3) is 0 Å². The Bertz CT molecular complexity index is 837. The van der Waals surface area contributed by atoms with Crippen LogP contribution in [-0.4, -0.2) is 10.9 Å². The van der Waals surface area contributed by atoms with Crippen LogP contribution in [0.25, 0.3) is 22.2 Å². The number of rotatable bonds is 2. The number of primary amides is 1. The molecule has 1 amide bonds. The van der Waals surface area contributed by atoms with Gasteiger partial charge in [-0.25, -0.2) is 0 Å². The first kappa shape index (κ1) is 14.2. The minimum Gasteiger partial charge on any atom is -0.366 e. The molecule has 2 aromatic carbocycles. The largest absolute Gasteiger partial charge is 0.366 e. The molecule has 0 saturated carbocycles. The van der Waals surface area contributed by atoms with E-state index in [2.05, 4.69) is 20.9 Å². The van der Waals surface area contributed by atoms with Crippen LogP contribution in [0.3, 0.4) is 0 Å². The van der Waals surface area contributed by atoms with Crippen molar-refractivity contribution in [2.24, 2.45) is 5.73 Å². The average molecular weight is 364 g/mol. The molecule has 1 heterocycles. The highest BCUT2D eigenvalue weighted by atomic mass is 79.9. The van der Waals surface area contributed by atoms with E-state index in [1.807, 2.05) is 30.3 Å². The predicted octanol–water partition coefficient (Wildman–Crippen LogP) is 4.66. The van der Waals surface area contributed by atoms with E-state index in [9.17, 15) is 4.79 Å². The molecule has 0 fully saturated rings. The zero-order valence-corrected chi connectivity index (χ0v) is 13.5. The first-order valence-electron chi connectivity index (χ1n) is 6.35. The number of hydrogen-bond acceptors (Lipinski definition) is 1. The number of hydrogen-bond donors (Lipinski definition) is 2. The van der Waals surface area contributed by atoms with E-state index >= 15 is 0 Å². The Kier molecular flexibility index (Phi) is 3.51. The normalized spacial score (nSPS) is 11.0. The highest BCUT2D eigenvalue weighted by molar-refractivity contribution is 9.10. The van der Waals surface area contributed by atoms with Crippen LogP contribution in [0.2, 0.25) is 5.02 Å². The van der Waals surface area contributed by atoms with Gasteiger partial charge in [-0.1, -0.05) is 45.7 Å². The SMILES string of the molecule is Cc1c(Cl)cc(Br)c(-c2cc3ccccc3[nH]2)c1C(N)=O. The lowest BCUT2D eigenvalue weighted by molar-refractivity contribution is 0.100. The Morgan fingerprint density at radius 1 is 1.29 bits per heavy atom. The zero-order valence-electron chi connectivity index (χ0n) is 11.2. The van der Waals surface area contributed by atoms with Crippen molar-refractivity contribution < 1.29 is 4.79 Å². The van der Waals surface area contributed by atoms with Gasteiger partial charge in [-0.15, -0.1) is 0 Å². The fourth-order valence-corrected chi connectivity index (χ4v) is 3.47. The Morgan fingerprint density at radius 2 is 2.00 bits per heavy atom. The summed E-state index contributed by atoms with van der Waals surface area (Å²) in [5.41, 5.74) is 9.23. The molecule has 3 nitrogen and oxygen atoms in total. The molecule has 3 rings (SSSR count). The summed E-state index contributed by atoms with van der Waals surface area (Å²) in [7, 11) is 0. The van der Waals surface area contributed by atoms with Crippen molar-refractivity contribution in [1.82, 2.24) is 4.98 Å². The third kappa shape index (κ3) is 2.34. The van der Waals surface area contributed by atoms with E-state index in [4.69, 9.17) is 17.3 Å². The quantitative estimate of drug-likeness (QED) is 0.683. The van der Waals surface area contributed by atoms with Crippen molar-refractivity contribution in [3.63, 3.8) is 0 Å². The van der Waals surface area contributed by atoms with E-state index in [0.29, 0.717) is 16.1 Å². The first-order valence-corrected chi connectivity index (χ1v) is 7.52. The van der Waals surface area contributed by atoms with Crippen molar-refractivity contribution in [3.8, 4) is 11.3 Å². The number of aromatic amines is 1. The van der Waals surface area contributed by atoms with Crippen molar-refractivity contribution in [2.45, 2.75) is 6.92 Å². The number of para-hydroxylation sites is 1. The Hall–Kier alpha value is -1.78. The molecule has 3 aromatic rings. The van der Waals surface area contributed by atoms with Crippen LogP contribution in [0.15, 0.2) is 40.9 Å². The molecule has 0 saturated heterocycles. The Labute approximate surface area is 135 Å². The van der Waals surface area contributed by atoms with Crippen LogP contribution >= 0.6 is 27.5 Å². The van der Waals surface area contributed by atoms with E-state index in [1.165, 1.54) is 0 Å². The number of fused-ring (bicyclic) bond motifs is 1. The second-order valence-electron chi connectivity index (χ2n) is 4.85.